The van der Waals surface area contributed by atoms with E-state index in [0.717, 1.165) is 0 Å². The fourth-order valence-corrected chi connectivity index (χ4v) is 2.77. The van der Waals surface area contributed by atoms with Gasteiger partial charge in [0.1, 0.15) is 18.1 Å². The fraction of sp³-hybridized carbons (Fsp3) is 0.500. The summed E-state index contributed by atoms with van der Waals surface area (Å²) in [5.41, 5.74) is 1.04. The molecular weight excluding hydrogens is 323 g/mol. The number of phosphoric ester groups is 1. The van der Waals surface area contributed by atoms with Crippen LogP contribution in [-0.2, 0) is 13.8 Å². The van der Waals surface area contributed by atoms with E-state index in [1.54, 1.807) is 10.9 Å². The smallest absolute Gasteiger partial charge is 0.352 e. The molecule has 11 heteroatoms. The normalized spacial score (nSPS) is 23.0. The van der Waals surface area contributed by atoms with Gasteiger partial charge >= 0.3 is 7.82 Å². The van der Waals surface area contributed by atoms with Gasteiger partial charge in [0.2, 0.25) is 0 Å². The molecule has 0 spiro atoms. The lowest BCUT2D eigenvalue weighted by atomic mass is 10.2. The van der Waals surface area contributed by atoms with Gasteiger partial charge in [0.15, 0.2) is 10.8 Å². The Kier molecular flexibility index (Phi) is 3.96. The second kappa shape index (κ2) is 5.60. The predicted octanol–water partition coefficient (Wildman–Crippen LogP) is 1.27. The van der Waals surface area contributed by atoms with E-state index in [4.69, 9.17) is 26.1 Å². The topological polar surface area (TPSA) is 120 Å². The quantitative estimate of drug-likeness (QED) is 0.633. The Morgan fingerprint density at radius 3 is 3.00 bits per heavy atom. The van der Waals surface area contributed by atoms with E-state index in [2.05, 4.69) is 19.5 Å². The van der Waals surface area contributed by atoms with Crippen molar-refractivity contribution >= 4 is 30.6 Å². The molecule has 0 aliphatic carbocycles. The minimum atomic E-state index is -4.48. The van der Waals surface area contributed by atoms with Crippen LogP contribution < -0.4 is 0 Å². The van der Waals surface area contributed by atoms with Crippen LogP contribution in [0.3, 0.4) is 0 Å². The Morgan fingerprint density at radius 2 is 2.24 bits per heavy atom. The van der Waals surface area contributed by atoms with Crippen molar-refractivity contribution in [3.8, 4) is 0 Å². The predicted molar refractivity (Wildman–Crippen MR) is 71.5 cm³/mol. The van der Waals surface area contributed by atoms with E-state index >= 15 is 0 Å². The average Bonchev–Trinajstić information content (AvgIpc) is 3.02. The molecule has 21 heavy (non-hydrogen) atoms. The molecule has 0 bridgehead atoms. The number of phosphoric acid groups is 1. The van der Waals surface area contributed by atoms with E-state index in [9.17, 15) is 4.57 Å². The molecule has 9 nitrogen and oxygen atoms in total. The van der Waals surface area contributed by atoms with E-state index in [1.165, 1.54) is 6.33 Å². The maximum Gasteiger partial charge on any atom is 0.469 e. The van der Waals surface area contributed by atoms with Crippen molar-refractivity contribution in [3.63, 3.8) is 0 Å². The number of halogens is 1. The van der Waals surface area contributed by atoms with Crippen LogP contribution in [0, 0.1) is 0 Å². The Hall–Kier alpha value is -1.09. The first-order valence-corrected chi connectivity index (χ1v) is 8.03. The summed E-state index contributed by atoms with van der Waals surface area (Å²) >= 11 is 5.93. The fourth-order valence-electron chi connectivity index (χ4n) is 2.23. The molecule has 0 saturated carbocycles. The number of aromatic nitrogens is 4. The maximum atomic E-state index is 10.7. The number of hydrogen-bond acceptors (Lipinski definition) is 6. The van der Waals surface area contributed by atoms with Gasteiger partial charge in [-0.3, -0.25) is 9.09 Å². The summed E-state index contributed by atoms with van der Waals surface area (Å²) in [5, 5.41) is 0.262. The van der Waals surface area contributed by atoms with Crippen molar-refractivity contribution in [1.29, 1.82) is 0 Å². The van der Waals surface area contributed by atoms with Crippen LogP contribution in [0.2, 0.25) is 5.15 Å². The number of ether oxygens (including phenoxy) is 1. The molecule has 1 fully saturated rings. The van der Waals surface area contributed by atoms with Gasteiger partial charge in [0.25, 0.3) is 0 Å². The van der Waals surface area contributed by atoms with Gasteiger partial charge in [-0.15, -0.1) is 0 Å². The zero-order valence-electron chi connectivity index (χ0n) is 10.7. The maximum absolute atomic E-state index is 10.7. The molecule has 2 atom stereocenters. The van der Waals surface area contributed by atoms with Crippen molar-refractivity contribution in [2.75, 3.05) is 6.61 Å². The van der Waals surface area contributed by atoms with Gasteiger partial charge in [-0.05, 0) is 12.8 Å². The highest BCUT2D eigenvalue weighted by atomic mass is 35.5. The summed E-state index contributed by atoms with van der Waals surface area (Å²) in [6.45, 7) is -0.164. The molecule has 114 valence electrons. The first kappa shape index (κ1) is 14.8. The van der Waals surface area contributed by atoms with Crippen molar-refractivity contribution in [2.24, 2.45) is 0 Å². The van der Waals surface area contributed by atoms with E-state index in [-0.39, 0.29) is 18.0 Å². The lowest BCUT2D eigenvalue weighted by Gasteiger charge is -2.15. The Labute approximate surface area is 124 Å². The molecule has 2 aromatic heterocycles. The second-order valence-corrected chi connectivity index (χ2v) is 6.16. The highest BCUT2D eigenvalue weighted by Crippen LogP contribution is 2.38. The second-order valence-electron chi connectivity index (χ2n) is 4.56. The van der Waals surface area contributed by atoms with Crippen LogP contribution in [0.5, 0.6) is 0 Å². The molecule has 2 N–H and O–H groups in total. The Balaban J connectivity index is 1.73. The first-order chi connectivity index (χ1) is 9.94. The summed E-state index contributed by atoms with van der Waals surface area (Å²) in [6.07, 6.45) is 3.45. The molecule has 2 aromatic rings. The molecule has 1 aliphatic rings. The summed E-state index contributed by atoms with van der Waals surface area (Å²) in [5.74, 6) is 0. The SMILES string of the molecule is O=P(O)(O)OCC1CCC(n2cnc3c(Cl)ncnc32)O1. The molecule has 1 saturated heterocycles. The summed E-state index contributed by atoms with van der Waals surface area (Å²) in [6, 6.07) is 0. The summed E-state index contributed by atoms with van der Waals surface area (Å²) < 4.78 is 22.6. The molecule has 1 aliphatic heterocycles. The number of fused-ring (bicyclic) bond motifs is 1. The van der Waals surface area contributed by atoms with Crippen molar-refractivity contribution in [1.82, 2.24) is 19.5 Å². The lowest BCUT2D eigenvalue weighted by Crippen LogP contribution is -2.16. The van der Waals surface area contributed by atoms with Gasteiger partial charge in [-0.2, -0.15) is 0 Å². The minimum Gasteiger partial charge on any atom is -0.352 e. The van der Waals surface area contributed by atoms with Crippen molar-refractivity contribution < 1.29 is 23.6 Å². The molecule has 0 aromatic carbocycles. The zero-order chi connectivity index (χ0) is 15.0. The highest BCUT2D eigenvalue weighted by Gasteiger charge is 2.30. The minimum absolute atomic E-state index is 0.164. The molecule has 0 radical (unpaired) electrons. The largest absolute Gasteiger partial charge is 0.469 e. The number of imidazole rings is 1. The van der Waals surface area contributed by atoms with E-state index in [0.29, 0.717) is 24.0 Å². The molecular formula is C10H12ClN4O5P. The highest BCUT2D eigenvalue weighted by molar-refractivity contribution is 7.46. The third kappa shape index (κ3) is 3.23. The molecule has 2 unspecified atom stereocenters. The van der Waals surface area contributed by atoms with Gasteiger partial charge < -0.3 is 14.5 Å². The van der Waals surface area contributed by atoms with Crippen LogP contribution >= 0.6 is 19.4 Å². The van der Waals surface area contributed by atoms with Crippen LogP contribution in [0.15, 0.2) is 12.7 Å². The lowest BCUT2D eigenvalue weighted by molar-refractivity contribution is -0.0205. The molecule has 3 rings (SSSR count). The summed E-state index contributed by atoms with van der Waals surface area (Å²) in [7, 11) is -4.48. The average molecular weight is 335 g/mol. The van der Waals surface area contributed by atoms with E-state index in [1.807, 2.05) is 0 Å². The zero-order valence-corrected chi connectivity index (χ0v) is 12.3. The van der Waals surface area contributed by atoms with Crippen molar-refractivity contribution in [3.05, 3.63) is 17.8 Å². The Morgan fingerprint density at radius 1 is 1.43 bits per heavy atom. The monoisotopic (exact) mass is 334 g/mol. The number of rotatable bonds is 4. The van der Waals surface area contributed by atoms with Crippen molar-refractivity contribution in [2.45, 2.75) is 25.2 Å². The third-order valence-corrected chi connectivity index (χ3v) is 3.90. The third-order valence-electron chi connectivity index (χ3n) is 3.14. The van der Waals surface area contributed by atoms with Crippen LogP contribution in [0.1, 0.15) is 19.1 Å². The van der Waals surface area contributed by atoms with Gasteiger partial charge in [0, 0.05) is 0 Å². The van der Waals surface area contributed by atoms with Gasteiger partial charge in [0.05, 0.1) is 19.0 Å². The standard InChI is InChI=1S/C10H12ClN4O5P/c11-9-8-10(13-4-12-9)15(5-14-8)7-2-1-6(20-7)3-19-21(16,17)18/h4-7H,1-3H2,(H2,16,17,18). The summed E-state index contributed by atoms with van der Waals surface area (Å²) in [4.78, 5) is 29.5. The number of nitrogens with zero attached hydrogens (tertiary/aromatic N) is 4. The van der Waals surface area contributed by atoms with Crippen LogP contribution in [0.25, 0.3) is 11.2 Å². The van der Waals surface area contributed by atoms with Gasteiger partial charge in [-0.25, -0.2) is 19.5 Å². The molecule has 3 heterocycles. The van der Waals surface area contributed by atoms with E-state index < -0.39 is 13.9 Å². The number of hydrogen-bond donors (Lipinski definition) is 2. The Bertz CT molecular complexity index is 704. The first-order valence-electron chi connectivity index (χ1n) is 6.12. The van der Waals surface area contributed by atoms with Crippen LogP contribution in [0.4, 0.5) is 0 Å². The molecule has 0 amide bonds. The van der Waals surface area contributed by atoms with Crippen LogP contribution in [-0.4, -0.2) is 42.0 Å². The van der Waals surface area contributed by atoms with Gasteiger partial charge in [-0.1, -0.05) is 11.6 Å².